The van der Waals surface area contributed by atoms with Crippen LogP contribution in [0.4, 0.5) is 0 Å². The SMILES string of the molecule is O=C(O)C(O)c1nc(Cl)c(Cl)cc1Cl. The van der Waals surface area contributed by atoms with E-state index in [4.69, 9.17) is 45.0 Å². The topological polar surface area (TPSA) is 70.4 Å². The van der Waals surface area contributed by atoms with E-state index in [2.05, 4.69) is 4.98 Å². The summed E-state index contributed by atoms with van der Waals surface area (Å²) in [6.45, 7) is 0. The van der Waals surface area contributed by atoms with Gasteiger partial charge in [-0.25, -0.2) is 9.78 Å². The lowest BCUT2D eigenvalue weighted by Crippen LogP contribution is -2.12. The number of hydrogen-bond acceptors (Lipinski definition) is 3. The van der Waals surface area contributed by atoms with Crippen LogP contribution >= 0.6 is 34.8 Å². The third kappa shape index (κ3) is 2.27. The van der Waals surface area contributed by atoms with Crippen LogP contribution in [0.5, 0.6) is 0 Å². The molecule has 1 unspecified atom stereocenters. The smallest absolute Gasteiger partial charge is 0.338 e. The van der Waals surface area contributed by atoms with Crippen molar-refractivity contribution < 1.29 is 15.0 Å². The van der Waals surface area contributed by atoms with Crippen molar-refractivity contribution in [1.29, 1.82) is 0 Å². The van der Waals surface area contributed by atoms with Gasteiger partial charge >= 0.3 is 5.97 Å². The second-order valence-corrected chi connectivity index (χ2v) is 3.54. The summed E-state index contributed by atoms with van der Waals surface area (Å²) in [6, 6.07) is 1.22. The van der Waals surface area contributed by atoms with Crippen LogP contribution in [0.1, 0.15) is 11.8 Å². The van der Waals surface area contributed by atoms with E-state index in [1.165, 1.54) is 6.07 Å². The van der Waals surface area contributed by atoms with Gasteiger partial charge in [-0.3, -0.25) is 0 Å². The lowest BCUT2D eigenvalue weighted by Gasteiger charge is -2.07. The van der Waals surface area contributed by atoms with Crippen LogP contribution in [0, 0.1) is 0 Å². The molecule has 76 valence electrons. The highest BCUT2D eigenvalue weighted by Gasteiger charge is 2.22. The molecule has 0 aliphatic rings. The number of aliphatic hydroxyl groups excluding tert-OH is 1. The second kappa shape index (κ2) is 4.31. The predicted octanol–water partition coefficient (Wildman–Crippen LogP) is 2.16. The first-order valence-electron chi connectivity index (χ1n) is 3.35. The van der Waals surface area contributed by atoms with Gasteiger partial charge in [0.15, 0.2) is 6.10 Å². The number of aliphatic hydroxyl groups is 1. The molecule has 4 nitrogen and oxygen atoms in total. The zero-order valence-corrected chi connectivity index (χ0v) is 8.81. The molecule has 14 heavy (non-hydrogen) atoms. The number of carboxylic acid groups (broad SMARTS) is 1. The lowest BCUT2D eigenvalue weighted by atomic mass is 10.2. The van der Waals surface area contributed by atoms with Crippen molar-refractivity contribution in [2.75, 3.05) is 0 Å². The number of halogens is 3. The van der Waals surface area contributed by atoms with Gasteiger partial charge in [-0.1, -0.05) is 34.8 Å². The van der Waals surface area contributed by atoms with Gasteiger partial charge in [0, 0.05) is 0 Å². The number of aromatic nitrogens is 1. The van der Waals surface area contributed by atoms with Crippen molar-refractivity contribution in [3.05, 3.63) is 27.0 Å². The Kier molecular flexibility index (Phi) is 3.55. The van der Waals surface area contributed by atoms with Crippen LogP contribution < -0.4 is 0 Å². The van der Waals surface area contributed by atoms with Crippen molar-refractivity contribution in [3.63, 3.8) is 0 Å². The zero-order chi connectivity index (χ0) is 10.9. The van der Waals surface area contributed by atoms with Crippen molar-refractivity contribution in [1.82, 2.24) is 4.98 Å². The minimum Gasteiger partial charge on any atom is -0.479 e. The summed E-state index contributed by atoms with van der Waals surface area (Å²) in [4.78, 5) is 14.0. The van der Waals surface area contributed by atoms with Gasteiger partial charge in [0.25, 0.3) is 0 Å². The normalized spacial score (nSPS) is 12.6. The Morgan fingerprint density at radius 3 is 2.43 bits per heavy atom. The summed E-state index contributed by atoms with van der Waals surface area (Å²) < 4.78 is 0. The highest BCUT2D eigenvalue weighted by atomic mass is 35.5. The molecule has 0 saturated heterocycles. The maximum atomic E-state index is 10.4. The lowest BCUT2D eigenvalue weighted by molar-refractivity contribution is -0.147. The molecule has 1 aromatic heterocycles. The number of aliphatic carboxylic acids is 1. The van der Waals surface area contributed by atoms with Gasteiger partial charge in [0.2, 0.25) is 0 Å². The standard InChI is InChI=1S/C7H4Cl3NO3/c8-2-1-3(9)6(10)11-4(2)5(12)7(13)14/h1,5,12H,(H,13,14). The zero-order valence-electron chi connectivity index (χ0n) is 6.54. The maximum absolute atomic E-state index is 10.4. The Hall–Kier alpha value is -0.550. The molecular formula is C7H4Cl3NO3. The van der Waals surface area contributed by atoms with Crippen LogP contribution in [0.15, 0.2) is 6.07 Å². The Balaban J connectivity index is 3.22. The summed E-state index contributed by atoms with van der Waals surface area (Å²) in [5, 5.41) is 17.6. The summed E-state index contributed by atoms with van der Waals surface area (Å²) >= 11 is 16.7. The molecule has 1 aromatic rings. The van der Waals surface area contributed by atoms with E-state index in [0.717, 1.165) is 0 Å². The number of nitrogens with zero attached hydrogens (tertiary/aromatic N) is 1. The molecule has 1 rings (SSSR count). The van der Waals surface area contributed by atoms with E-state index in [0.29, 0.717) is 0 Å². The van der Waals surface area contributed by atoms with Crippen LogP contribution in [0.2, 0.25) is 15.2 Å². The van der Waals surface area contributed by atoms with Crippen LogP contribution in [0.25, 0.3) is 0 Å². The molecule has 0 radical (unpaired) electrons. The van der Waals surface area contributed by atoms with Gasteiger partial charge in [0.05, 0.1) is 10.0 Å². The van der Waals surface area contributed by atoms with Crippen LogP contribution in [0.3, 0.4) is 0 Å². The fraction of sp³-hybridized carbons (Fsp3) is 0.143. The molecule has 1 atom stereocenters. The molecule has 0 bridgehead atoms. The largest absolute Gasteiger partial charge is 0.479 e. The van der Waals surface area contributed by atoms with E-state index in [1.54, 1.807) is 0 Å². The number of carbonyl (C=O) groups is 1. The summed E-state index contributed by atoms with van der Waals surface area (Å²) in [7, 11) is 0. The third-order valence-electron chi connectivity index (χ3n) is 1.41. The minimum absolute atomic E-state index is 0.0469. The number of pyridine rings is 1. The van der Waals surface area contributed by atoms with E-state index < -0.39 is 12.1 Å². The first-order valence-corrected chi connectivity index (χ1v) is 4.49. The van der Waals surface area contributed by atoms with Crippen LogP contribution in [-0.4, -0.2) is 21.2 Å². The first kappa shape index (κ1) is 11.5. The average Bonchev–Trinajstić information content (AvgIpc) is 2.10. The Morgan fingerprint density at radius 1 is 1.36 bits per heavy atom. The molecule has 2 N–H and O–H groups in total. The Bertz CT molecular complexity index is 383. The maximum Gasteiger partial charge on any atom is 0.338 e. The quantitative estimate of drug-likeness (QED) is 0.796. The van der Waals surface area contributed by atoms with Gasteiger partial charge in [-0.15, -0.1) is 0 Å². The van der Waals surface area contributed by atoms with Crippen molar-refractivity contribution in [3.8, 4) is 0 Å². The van der Waals surface area contributed by atoms with Gasteiger partial charge in [-0.2, -0.15) is 0 Å². The summed E-state index contributed by atoms with van der Waals surface area (Å²) in [6.07, 6.45) is -1.81. The highest BCUT2D eigenvalue weighted by molar-refractivity contribution is 6.42. The van der Waals surface area contributed by atoms with E-state index in [-0.39, 0.29) is 20.9 Å². The van der Waals surface area contributed by atoms with Crippen molar-refractivity contribution in [2.45, 2.75) is 6.10 Å². The van der Waals surface area contributed by atoms with Crippen LogP contribution in [-0.2, 0) is 4.79 Å². The minimum atomic E-state index is -1.81. The molecular weight excluding hydrogens is 252 g/mol. The highest BCUT2D eigenvalue weighted by Crippen LogP contribution is 2.29. The Morgan fingerprint density at radius 2 is 1.93 bits per heavy atom. The molecule has 0 aromatic carbocycles. The van der Waals surface area contributed by atoms with Gasteiger partial charge < -0.3 is 10.2 Å². The number of rotatable bonds is 2. The number of hydrogen-bond donors (Lipinski definition) is 2. The molecule has 1 heterocycles. The summed E-state index contributed by atoms with van der Waals surface area (Å²) in [5.74, 6) is -1.46. The average molecular weight is 256 g/mol. The second-order valence-electron chi connectivity index (χ2n) is 2.37. The fourth-order valence-corrected chi connectivity index (χ4v) is 1.37. The molecule has 0 fully saturated rings. The predicted molar refractivity (Wildman–Crippen MR) is 51.9 cm³/mol. The number of carboxylic acids is 1. The summed E-state index contributed by atoms with van der Waals surface area (Å²) in [5.41, 5.74) is -0.228. The molecule has 7 heteroatoms. The van der Waals surface area contributed by atoms with Gasteiger partial charge in [0.1, 0.15) is 10.8 Å². The monoisotopic (exact) mass is 255 g/mol. The van der Waals surface area contributed by atoms with Crippen molar-refractivity contribution >= 4 is 40.8 Å². The molecule has 0 spiro atoms. The molecule has 0 aliphatic heterocycles. The van der Waals surface area contributed by atoms with E-state index in [1.807, 2.05) is 0 Å². The Labute approximate surface area is 94.0 Å². The first-order chi connectivity index (χ1) is 6.43. The van der Waals surface area contributed by atoms with Crippen molar-refractivity contribution in [2.24, 2.45) is 0 Å². The molecule has 0 aliphatic carbocycles. The van der Waals surface area contributed by atoms with E-state index >= 15 is 0 Å². The molecule has 0 saturated carbocycles. The fourth-order valence-electron chi connectivity index (χ4n) is 0.766. The van der Waals surface area contributed by atoms with E-state index in [9.17, 15) is 4.79 Å². The third-order valence-corrected chi connectivity index (χ3v) is 2.38. The molecule has 0 amide bonds. The van der Waals surface area contributed by atoms with Gasteiger partial charge in [-0.05, 0) is 6.07 Å².